The normalized spacial score (nSPS) is 10.2. The van der Waals surface area contributed by atoms with Crippen molar-refractivity contribution in [2.75, 3.05) is 25.6 Å². The molecule has 2 rings (SSSR count). The molecule has 1 heterocycles. The summed E-state index contributed by atoms with van der Waals surface area (Å²) in [5.74, 6) is -1.44. The van der Waals surface area contributed by atoms with Crippen molar-refractivity contribution in [2.45, 2.75) is 6.42 Å². The third-order valence-electron chi connectivity index (χ3n) is 3.19. The second-order valence-corrected chi connectivity index (χ2v) is 4.97. The number of amides is 2. The Morgan fingerprint density at radius 2 is 2.00 bits per heavy atom. The lowest BCUT2D eigenvalue weighted by molar-refractivity contribution is 0.0948. The first-order valence-electron chi connectivity index (χ1n) is 7.41. The molecule has 1 aromatic carbocycles. The fourth-order valence-corrected chi connectivity index (χ4v) is 1.97. The number of ether oxygens (including phenoxy) is 1. The van der Waals surface area contributed by atoms with Crippen LogP contribution in [0.25, 0.3) is 0 Å². The molecular weight excluding hydrogens is 313 g/mol. The first-order chi connectivity index (χ1) is 11.6. The lowest BCUT2D eigenvalue weighted by atomic mass is 10.2. The van der Waals surface area contributed by atoms with Crippen molar-refractivity contribution in [3.63, 3.8) is 0 Å². The molecule has 126 valence electrons. The number of rotatable bonds is 7. The van der Waals surface area contributed by atoms with Crippen molar-refractivity contribution < 1.29 is 18.7 Å². The van der Waals surface area contributed by atoms with E-state index in [-0.39, 0.29) is 17.3 Å². The quantitative estimate of drug-likeness (QED) is 0.763. The van der Waals surface area contributed by atoms with Gasteiger partial charge in [-0.05, 0) is 30.7 Å². The molecule has 6 nitrogen and oxygen atoms in total. The number of carbonyl (C=O) groups excluding carboxylic acids is 2. The molecule has 0 aliphatic carbocycles. The molecule has 2 amide bonds. The van der Waals surface area contributed by atoms with Crippen LogP contribution >= 0.6 is 0 Å². The minimum absolute atomic E-state index is 0.0304. The van der Waals surface area contributed by atoms with Crippen molar-refractivity contribution in [1.82, 2.24) is 10.3 Å². The van der Waals surface area contributed by atoms with Gasteiger partial charge in [-0.2, -0.15) is 0 Å². The Bertz CT molecular complexity index is 722. The molecule has 24 heavy (non-hydrogen) atoms. The standard InChI is InChI=1S/C17H18FN3O3/c1-24-10-4-8-20-16(22)12-7-9-19-15(11-12)17(23)21-14-6-3-2-5-13(14)18/h2-3,5-7,9,11H,4,8,10H2,1H3,(H,20,22)(H,21,23). The Kier molecular flexibility index (Phi) is 6.39. The predicted octanol–water partition coefficient (Wildman–Crippen LogP) is 2.24. The Hall–Kier alpha value is -2.80. The Balaban J connectivity index is 2.02. The SMILES string of the molecule is COCCCNC(=O)c1ccnc(C(=O)Nc2ccccc2F)c1. The van der Waals surface area contributed by atoms with E-state index in [1.54, 1.807) is 13.2 Å². The highest BCUT2D eigenvalue weighted by molar-refractivity contribution is 6.04. The van der Waals surface area contributed by atoms with Crippen molar-refractivity contribution in [3.8, 4) is 0 Å². The largest absolute Gasteiger partial charge is 0.385 e. The van der Waals surface area contributed by atoms with Crippen LogP contribution in [0.15, 0.2) is 42.6 Å². The zero-order valence-corrected chi connectivity index (χ0v) is 13.2. The lowest BCUT2D eigenvalue weighted by Gasteiger charge is -2.08. The topological polar surface area (TPSA) is 80.3 Å². The molecule has 7 heteroatoms. The van der Waals surface area contributed by atoms with E-state index in [0.717, 1.165) is 0 Å². The molecule has 0 bridgehead atoms. The molecule has 0 spiro atoms. The van der Waals surface area contributed by atoms with Crippen LogP contribution in [-0.2, 0) is 4.74 Å². The van der Waals surface area contributed by atoms with E-state index in [1.165, 1.54) is 36.5 Å². The predicted molar refractivity (Wildman–Crippen MR) is 87.4 cm³/mol. The van der Waals surface area contributed by atoms with Crippen molar-refractivity contribution in [1.29, 1.82) is 0 Å². The number of carbonyl (C=O) groups is 2. The molecule has 2 aromatic rings. The third-order valence-corrected chi connectivity index (χ3v) is 3.19. The first kappa shape index (κ1) is 17.6. The second kappa shape index (κ2) is 8.73. The molecule has 0 aliphatic heterocycles. The fraction of sp³-hybridized carbons (Fsp3) is 0.235. The van der Waals surface area contributed by atoms with Gasteiger partial charge in [-0.1, -0.05) is 12.1 Å². The van der Waals surface area contributed by atoms with Crippen molar-refractivity contribution in [3.05, 3.63) is 59.7 Å². The van der Waals surface area contributed by atoms with Gasteiger partial charge in [0.1, 0.15) is 11.5 Å². The number of para-hydroxylation sites is 1. The Labute approximate surface area is 139 Å². The van der Waals surface area contributed by atoms with Crippen molar-refractivity contribution in [2.24, 2.45) is 0 Å². The maximum Gasteiger partial charge on any atom is 0.274 e. The summed E-state index contributed by atoms with van der Waals surface area (Å²) in [4.78, 5) is 28.1. The van der Waals surface area contributed by atoms with E-state index in [0.29, 0.717) is 25.1 Å². The smallest absolute Gasteiger partial charge is 0.274 e. The number of hydrogen-bond donors (Lipinski definition) is 2. The number of methoxy groups -OCH3 is 1. The van der Waals surface area contributed by atoms with Gasteiger partial charge in [0.2, 0.25) is 0 Å². The molecule has 0 unspecified atom stereocenters. The molecule has 0 atom stereocenters. The third kappa shape index (κ3) is 4.85. The highest BCUT2D eigenvalue weighted by Crippen LogP contribution is 2.13. The van der Waals surface area contributed by atoms with Crippen LogP contribution in [-0.4, -0.2) is 37.1 Å². The monoisotopic (exact) mass is 331 g/mol. The van der Waals surface area contributed by atoms with Gasteiger partial charge in [0.05, 0.1) is 5.69 Å². The van der Waals surface area contributed by atoms with Crippen LogP contribution in [0.2, 0.25) is 0 Å². The van der Waals surface area contributed by atoms with E-state index in [4.69, 9.17) is 4.74 Å². The summed E-state index contributed by atoms with van der Waals surface area (Å²) in [7, 11) is 1.59. The highest BCUT2D eigenvalue weighted by Gasteiger charge is 2.13. The molecule has 0 aliphatic rings. The summed E-state index contributed by atoms with van der Waals surface area (Å²) in [5, 5.41) is 5.15. The molecule has 0 saturated heterocycles. The second-order valence-electron chi connectivity index (χ2n) is 4.97. The summed E-state index contributed by atoms with van der Waals surface area (Å²) in [6.07, 6.45) is 2.05. The van der Waals surface area contributed by atoms with Crippen LogP contribution in [0.4, 0.5) is 10.1 Å². The number of hydrogen-bond acceptors (Lipinski definition) is 4. The maximum atomic E-state index is 13.6. The van der Waals surface area contributed by atoms with Gasteiger partial charge in [-0.25, -0.2) is 4.39 Å². The van der Waals surface area contributed by atoms with Gasteiger partial charge < -0.3 is 15.4 Å². The zero-order valence-electron chi connectivity index (χ0n) is 13.2. The Morgan fingerprint density at radius 3 is 2.75 bits per heavy atom. The van der Waals surface area contributed by atoms with Crippen LogP contribution in [0.3, 0.4) is 0 Å². The maximum absolute atomic E-state index is 13.6. The zero-order chi connectivity index (χ0) is 17.4. The first-order valence-corrected chi connectivity index (χ1v) is 7.41. The number of pyridine rings is 1. The van der Waals surface area contributed by atoms with Crippen LogP contribution < -0.4 is 10.6 Å². The highest BCUT2D eigenvalue weighted by atomic mass is 19.1. The van der Waals surface area contributed by atoms with E-state index in [9.17, 15) is 14.0 Å². The van der Waals surface area contributed by atoms with Gasteiger partial charge in [0.15, 0.2) is 0 Å². The summed E-state index contributed by atoms with van der Waals surface area (Å²) < 4.78 is 18.5. The minimum Gasteiger partial charge on any atom is -0.385 e. The van der Waals surface area contributed by atoms with Gasteiger partial charge in [0, 0.05) is 32.0 Å². The summed E-state index contributed by atoms with van der Waals surface area (Å²) in [6.45, 7) is 1.01. The lowest BCUT2D eigenvalue weighted by Crippen LogP contribution is -2.26. The van der Waals surface area contributed by atoms with E-state index < -0.39 is 11.7 Å². The summed E-state index contributed by atoms with van der Waals surface area (Å²) in [5.41, 5.74) is 0.391. The van der Waals surface area contributed by atoms with Crippen LogP contribution in [0.1, 0.15) is 27.3 Å². The fourth-order valence-electron chi connectivity index (χ4n) is 1.97. The Morgan fingerprint density at radius 1 is 1.21 bits per heavy atom. The van der Waals surface area contributed by atoms with Gasteiger partial charge in [-0.15, -0.1) is 0 Å². The summed E-state index contributed by atoms with van der Waals surface area (Å²) in [6, 6.07) is 8.69. The average molecular weight is 331 g/mol. The molecule has 0 saturated carbocycles. The number of nitrogens with one attached hydrogen (secondary N) is 2. The van der Waals surface area contributed by atoms with Crippen LogP contribution in [0.5, 0.6) is 0 Å². The van der Waals surface area contributed by atoms with E-state index >= 15 is 0 Å². The number of nitrogens with zero attached hydrogens (tertiary/aromatic N) is 1. The molecule has 1 aromatic heterocycles. The van der Waals surface area contributed by atoms with E-state index in [1.807, 2.05) is 0 Å². The van der Waals surface area contributed by atoms with Crippen LogP contribution in [0, 0.1) is 5.82 Å². The molecule has 2 N–H and O–H groups in total. The van der Waals surface area contributed by atoms with Gasteiger partial charge in [0.25, 0.3) is 11.8 Å². The molecule has 0 fully saturated rings. The number of halogens is 1. The molecular formula is C17H18FN3O3. The number of benzene rings is 1. The molecule has 0 radical (unpaired) electrons. The van der Waals surface area contributed by atoms with Crippen molar-refractivity contribution >= 4 is 17.5 Å². The summed E-state index contributed by atoms with van der Waals surface area (Å²) >= 11 is 0. The van der Waals surface area contributed by atoms with E-state index in [2.05, 4.69) is 15.6 Å². The number of aromatic nitrogens is 1. The minimum atomic E-state index is -0.589. The van der Waals surface area contributed by atoms with Gasteiger partial charge in [-0.3, -0.25) is 14.6 Å². The van der Waals surface area contributed by atoms with Gasteiger partial charge >= 0.3 is 0 Å². The number of anilines is 1. The average Bonchev–Trinajstić information content (AvgIpc) is 2.60.